The third-order valence-electron chi connectivity index (χ3n) is 3.04. The van der Waals surface area contributed by atoms with Gasteiger partial charge in [0.1, 0.15) is 5.75 Å². The molecule has 3 nitrogen and oxygen atoms in total. The highest BCUT2D eigenvalue weighted by atomic mass is 35.5. The third kappa shape index (κ3) is 6.69. The maximum absolute atomic E-state index is 5.85. The maximum Gasteiger partial charge on any atom is 0.170 e. The summed E-state index contributed by atoms with van der Waals surface area (Å²) in [6.45, 7) is 0.836. The molecule has 0 bridgehead atoms. The zero-order valence-corrected chi connectivity index (χ0v) is 15.2. The van der Waals surface area contributed by atoms with Crippen LogP contribution >= 0.6 is 35.6 Å². The van der Waals surface area contributed by atoms with E-state index in [1.165, 1.54) is 4.90 Å². The van der Waals surface area contributed by atoms with E-state index in [0.29, 0.717) is 10.1 Å². The quantitative estimate of drug-likeness (QED) is 0.417. The van der Waals surface area contributed by atoms with Crippen LogP contribution in [0.3, 0.4) is 0 Å². The van der Waals surface area contributed by atoms with E-state index in [9.17, 15) is 0 Å². The summed E-state index contributed by atoms with van der Waals surface area (Å²) < 4.78 is 5.15. The Morgan fingerprint density at radius 1 is 1.13 bits per heavy atom. The summed E-state index contributed by atoms with van der Waals surface area (Å²) in [5, 5.41) is 7.68. The van der Waals surface area contributed by atoms with Gasteiger partial charge in [-0.05, 0) is 72.9 Å². The Hall–Kier alpha value is -1.43. The summed E-state index contributed by atoms with van der Waals surface area (Å²) in [4.78, 5) is 1.24. The first-order chi connectivity index (χ1) is 11.2. The van der Waals surface area contributed by atoms with Gasteiger partial charge in [0.05, 0.1) is 7.11 Å². The molecule has 0 saturated heterocycles. The van der Waals surface area contributed by atoms with Crippen molar-refractivity contribution in [2.75, 3.05) is 24.7 Å². The van der Waals surface area contributed by atoms with E-state index < -0.39 is 0 Å². The molecule has 2 N–H and O–H groups in total. The number of methoxy groups -OCH3 is 1. The highest BCUT2D eigenvalue weighted by Gasteiger charge is 1.99. The van der Waals surface area contributed by atoms with Gasteiger partial charge in [0.2, 0.25) is 0 Å². The fourth-order valence-corrected chi connectivity index (χ4v) is 3.04. The topological polar surface area (TPSA) is 33.3 Å². The predicted octanol–water partition coefficient (Wildman–Crippen LogP) is 4.82. The van der Waals surface area contributed by atoms with E-state index in [1.54, 1.807) is 7.11 Å². The van der Waals surface area contributed by atoms with Crippen LogP contribution in [-0.2, 0) is 0 Å². The highest BCUT2D eigenvalue weighted by molar-refractivity contribution is 7.99. The van der Waals surface area contributed by atoms with Crippen molar-refractivity contribution in [3.63, 3.8) is 0 Å². The number of thioether (sulfide) groups is 1. The number of rotatable bonds is 7. The Morgan fingerprint density at radius 2 is 1.83 bits per heavy atom. The van der Waals surface area contributed by atoms with Crippen molar-refractivity contribution in [3.8, 4) is 5.75 Å². The standard InChI is InChI=1S/C17H19ClN2OS2/c1-21-15-7-9-16(10-8-15)23-12-2-11-19-17(22)20-14-5-3-13(18)4-6-14/h3-10H,2,11-12H2,1H3,(H2,19,20,22). The molecule has 0 radical (unpaired) electrons. The second kappa shape index (κ2) is 9.65. The molecule has 0 saturated carbocycles. The number of hydrogen-bond acceptors (Lipinski definition) is 3. The van der Waals surface area contributed by atoms with E-state index in [2.05, 4.69) is 22.8 Å². The van der Waals surface area contributed by atoms with Crippen LogP contribution in [0.5, 0.6) is 5.75 Å². The van der Waals surface area contributed by atoms with Gasteiger partial charge in [-0.15, -0.1) is 11.8 Å². The molecule has 2 aromatic rings. The molecule has 6 heteroatoms. The van der Waals surface area contributed by atoms with E-state index in [0.717, 1.165) is 30.2 Å². The molecule has 23 heavy (non-hydrogen) atoms. The monoisotopic (exact) mass is 366 g/mol. The van der Waals surface area contributed by atoms with E-state index in [1.807, 2.05) is 48.2 Å². The molecule has 0 aliphatic rings. The van der Waals surface area contributed by atoms with Crippen LogP contribution in [0.15, 0.2) is 53.4 Å². The molecule has 2 aromatic carbocycles. The van der Waals surface area contributed by atoms with Crippen molar-refractivity contribution in [1.82, 2.24) is 5.32 Å². The SMILES string of the molecule is COc1ccc(SCCCNC(=S)Nc2ccc(Cl)cc2)cc1. The lowest BCUT2D eigenvalue weighted by molar-refractivity contribution is 0.414. The van der Waals surface area contributed by atoms with Gasteiger partial charge in [0.25, 0.3) is 0 Å². The lowest BCUT2D eigenvalue weighted by atomic mass is 10.3. The molecule has 0 heterocycles. The van der Waals surface area contributed by atoms with E-state index in [4.69, 9.17) is 28.6 Å². The number of thiocarbonyl (C=S) groups is 1. The van der Waals surface area contributed by atoms with Crippen LogP contribution in [0.4, 0.5) is 5.69 Å². The number of hydrogen-bond donors (Lipinski definition) is 2. The maximum atomic E-state index is 5.85. The first kappa shape index (κ1) is 17.9. The lowest BCUT2D eigenvalue weighted by Crippen LogP contribution is -2.29. The van der Waals surface area contributed by atoms with Crippen molar-refractivity contribution in [1.29, 1.82) is 0 Å². The van der Waals surface area contributed by atoms with Gasteiger partial charge in [-0.3, -0.25) is 0 Å². The molecule has 0 fully saturated rings. The van der Waals surface area contributed by atoms with E-state index >= 15 is 0 Å². The van der Waals surface area contributed by atoms with Crippen molar-refractivity contribution in [2.45, 2.75) is 11.3 Å². The van der Waals surface area contributed by atoms with Gasteiger partial charge in [-0.2, -0.15) is 0 Å². The molecule has 0 aromatic heterocycles. The molecular formula is C17H19ClN2OS2. The van der Waals surface area contributed by atoms with Crippen molar-refractivity contribution in [2.24, 2.45) is 0 Å². The Balaban J connectivity index is 1.61. The van der Waals surface area contributed by atoms with Gasteiger partial charge >= 0.3 is 0 Å². The molecule has 122 valence electrons. The van der Waals surface area contributed by atoms with Crippen LogP contribution in [0.25, 0.3) is 0 Å². The molecule has 0 atom stereocenters. The first-order valence-electron chi connectivity index (χ1n) is 7.24. The molecule has 2 rings (SSSR count). The summed E-state index contributed by atoms with van der Waals surface area (Å²) >= 11 is 12.9. The van der Waals surface area contributed by atoms with Gasteiger partial charge in [-0.25, -0.2) is 0 Å². The fraction of sp³-hybridized carbons (Fsp3) is 0.235. The van der Waals surface area contributed by atoms with Crippen molar-refractivity contribution >= 4 is 46.4 Å². The van der Waals surface area contributed by atoms with Crippen LogP contribution in [0.2, 0.25) is 5.02 Å². The van der Waals surface area contributed by atoms with Gasteiger partial charge < -0.3 is 15.4 Å². The minimum Gasteiger partial charge on any atom is -0.497 e. The predicted molar refractivity (Wildman–Crippen MR) is 104 cm³/mol. The summed E-state index contributed by atoms with van der Waals surface area (Å²) in [5.74, 6) is 1.91. The average Bonchev–Trinajstić information content (AvgIpc) is 2.57. The molecule has 0 unspecified atom stereocenters. The Bertz CT molecular complexity index is 617. The third-order valence-corrected chi connectivity index (χ3v) is 4.63. The van der Waals surface area contributed by atoms with Crippen LogP contribution in [0, 0.1) is 0 Å². The Kier molecular flexibility index (Phi) is 7.52. The minimum absolute atomic E-state index is 0.627. The number of anilines is 1. The van der Waals surface area contributed by atoms with Crippen LogP contribution in [-0.4, -0.2) is 24.5 Å². The molecule has 0 aliphatic heterocycles. The summed E-state index contributed by atoms with van der Waals surface area (Å²) in [5.41, 5.74) is 0.930. The number of ether oxygens (including phenoxy) is 1. The van der Waals surface area contributed by atoms with Gasteiger partial charge in [0, 0.05) is 22.2 Å². The largest absolute Gasteiger partial charge is 0.497 e. The Morgan fingerprint density at radius 3 is 2.48 bits per heavy atom. The van der Waals surface area contributed by atoms with Gasteiger partial charge in [0.15, 0.2) is 5.11 Å². The molecular weight excluding hydrogens is 348 g/mol. The smallest absolute Gasteiger partial charge is 0.170 e. The van der Waals surface area contributed by atoms with E-state index in [-0.39, 0.29) is 0 Å². The number of halogens is 1. The summed E-state index contributed by atoms with van der Waals surface area (Å²) in [7, 11) is 1.68. The Labute approximate surface area is 151 Å². The van der Waals surface area contributed by atoms with Crippen LogP contribution in [0.1, 0.15) is 6.42 Å². The molecule has 0 amide bonds. The zero-order valence-electron chi connectivity index (χ0n) is 12.8. The number of benzene rings is 2. The van der Waals surface area contributed by atoms with Crippen molar-refractivity contribution < 1.29 is 4.74 Å². The average molecular weight is 367 g/mol. The summed E-state index contributed by atoms with van der Waals surface area (Å²) in [6, 6.07) is 15.6. The second-order valence-corrected chi connectivity index (χ2v) is 6.78. The minimum atomic E-state index is 0.627. The highest BCUT2D eigenvalue weighted by Crippen LogP contribution is 2.21. The van der Waals surface area contributed by atoms with Crippen LogP contribution < -0.4 is 15.4 Å². The normalized spacial score (nSPS) is 10.2. The van der Waals surface area contributed by atoms with Crippen molar-refractivity contribution in [3.05, 3.63) is 53.6 Å². The lowest BCUT2D eigenvalue weighted by Gasteiger charge is -2.10. The number of nitrogens with one attached hydrogen (secondary N) is 2. The van der Waals surface area contributed by atoms with Gasteiger partial charge in [-0.1, -0.05) is 11.6 Å². The fourth-order valence-electron chi connectivity index (χ4n) is 1.84. The summed E-state index contributed by atoms with van der Waals surface area (Å²) in [6.07, 6.45) is 1.03. The first-order valence-corrected chi connectivity index (χ1v) is 9.02. The zero-order chi connectivity index (χ0) is 16.5. The second-order valence-electron chi connectivity index (χ2n) is 4.77. The molecule has 0 aliphatic carbocycles. The molecule has 0 spiro atoms.